The Kier molecular flexibility index (Phi) is 9.94. The quantitative estimate of drug-likeness (QED) is 0.497. The van der Waals surface area contributed by atoms with Gasteiger partial charge in [-0.25, -0.2) is 8.42 Å². The van der Waals surface area contributed by atoms with E-state index in [1.807, 2.05) is 45.0 Å². The molecule has 186 valence electrons. The summed E-state index contributed by atoms with van der Waals surface area (Å²) in [5.74, 6) is -0.707. The summed E-state index contributed by atoms with van der Waals surface area (Å²) in [6.45, 7) is 7.74. The van der Waals surface area contributed by atoms with Crippen LogP contribution in [0.1, 0.15) is 43.4 Å². The number of hydrogen-bond donors (Lipinski definition) is 1. The molecule has 0 bridgehead atoms. The Balaban J connectivity index is 2.47. The molecule has 0 fully saturated rings. The zero-order valence-corrected chi connectivity index (χ0v) is 22.0. The number of anilines is 1. The maximum atomic E-state index is 13.7. The summed E-state index contributed by atoms with van der Waals surface area (Å²) in [4.78, 5) is 28.1. The van der Waals surface area contributed by atoms with Crippen LogP contribution < -0.4 is 9.62 Å². The van der Waals surface area contributed by atoms with E-state index in [0.717, 1.165) is 28.1 Å². The predicted molar refractivity (Wildman–Crippen MR) is 137 cm³/mol. The van der Waals surface area contributed by atoms with Crippen molar-refractivity contribution in [1.82, 2.24) is 10.2 Å². The number of hydrogen-bond acceptors (Lipinski definition) is 4. The maximum absolute atomic E-state index is 13.7. The molecule has 9 heteroatoms. The van der Waals surface area contributed by atoms with E-state index in [4.69, 9.17) is 11.6 Å². The van der Waals surface area contributed by atoms with Crippen molar-refractivity contribution in [2.24, 2.45) is 0 Å². The van der Waals surface area contributed by atoms with Crippen LogP contribution in [0.3, 0.4) is 0 Å². The topological polar surface area (TPSA) is 86.8 Å². The van der Waals surface area contributed by atoms with Gasteiger partial charge in [-0.3, -0.25) is 13.9 Å². The van der Waals surface area contributed by atoms with Gasteiger partial charge in [0.25, 0.3) is 0 Å². The third-order valence-electron chi connectivity index (χ3n) is 5.64. The van der Waals surface area contributed by atoms with Crippen LogP contribution in [0.25, 0.3) is 0 Å². The molecule has 2 aromatic carbocycles. The first-order chi connectivity index (χ1) is 16.0. The monoisotopic (exact) mass is 507 g/mol. The summed E-state index contributed by atoms with van der Waals surface area (Å²) in [6.07, 6.45) is 2.23. The van der Waals surface area contributed by atoms with E-state index < -0.39 is 28.5 Å². The van der Waals surface area contributed by atoms with Crippen LogP contribution in [0.4, 0.5) is 5.69 Å². The SMILES string of the molecule is CCCNC(=O)[C@H](CC)N(Cc1ccccc1C)C(=O)CN(c1ccc(Cl)cc1C)S(C)(=O)=O. The van der Waals surface area contributed by atoms with Crippen LogP contribution in [-0.4, -0.2) is 50.5 Å². The van der Waals surface area contributed by atoms with Crippen molar-refractivity contribution in [1.29, 1.82) is 0 Å². The number of halogens is 1. The van der Waals surface area contributed by atoms with Crippen LogP contribution in [0, 0.1) is 13.8 Å². The molecule has 0 aliphatic carbocycles. The first-order valence-electron chi connectivity index (χ1n) is 11.3. The zero-order valence-electron chi connectivity index (χ0n) is 20.5. The minimum Gasteiger partial charge on any atom is -0.354 e. The molecule has 0 heterocycles. The lowest BCUT2D eigenvalue weighted by molar-refractivity contribution is -0.140. The largest absolute Gasteiger partial charge is 0.354 e. The molecule has 1 N–H and O–H groups in total. The summed E-state index contributed by atoms with van der Waals surface area (Å²) < 4.78 is 26.5. The molecular weight excluding hydrogens is 474 g/mol. The molecule has 0 saturated carbocycles. The van der Waals surface area contributed by atoms with E-state index in [0.29, 0.717) is 29.2 Å². The Morgan fingerprint density at radius 1 is 1.06 bits per heavy atom. The van der Waals surface area contributed by atoms with E-state index in [-0.39, 0.29) is 12.5 Å². The number of carbonyl (C=O) groups is 2. The number of sulfonamides is 1. The van der Waals surface area contributed by atoms with Gasteiger partial charge in [0, 0.05) is 18.1 Å². The fraction of sp³-hybridized carbons (Fsp3) is 0.440. The Morgan fingerprint density at radius 3 is 2.29 bits per heavy atom. The molecule has 2 aromatic rings. The number of benzene rings is 2. The first kappa shape index (κ1) is 27.7. The highest BCUT2D eigenvalue weighted by Gasteiger charge is 2.32. The van der Waals surface area contributed by atoms with Crippen molar-refractivity contribution < 1.29 is 18.0 Å². The van der Waals surface area contributed by atoms with Crippen LogP contribution >= 0.6 is 11.6 Å². The van der Waals surface area contributed by atoms with Gasteiger partial charge in [0.05, 0.1) is 11.9 Å². The molecule has 0 radical (unpaired) electrons. The minimum absolute atomic E-state index is 0.195. The summed E-state index contributed by atoms with van der Waals surface area (Å²) in [6, 6.07) is 11.7. The summed E-state index contributed by atoms with van der Waals surface area (Å²) in [7, 11) is -3.79. The van der Waals surface area contributed by atoms with Crippen LogP contribution in [-0.2, 0) is 26.2 Å². The lowest BCUT2D eigenvalue weighted by atomic mass is 10.1. The van der Waals surface area contributed by atoms with Crippen molar-refractivity contribution in [2.45, 2.75) is 53.1 Å². The minimum atomic E-state index is -3.79. The normalized spacial score (nSPS) is 12.2. The Morgan fingerprint density at radius 2 is 1.74 bits per heavy atom. The number of carbonyl (C=O) groups excluding carboxylic acids is 2. The van der Waals surface area contributed by atoms with Crippen molar-refractivity contribution in [3.63, 3.8) is 0 Å². The van der Waals surface area contributed by atoms with Gasteiger partial charge in [0.15, 0.2) is 0 Å². The Bertz CT molecular complexity index is 1120. The summed E-state index contributed by atoms with van der Waals surface area (Å²) >= 11 is 6.05. The van der Waals surface area contributed by atoms with Crippen molar-refractivity contribution in [3.05, 3.63) is 64.2 Å². The van der Waals surface area contributed by atoms with Gasteiger partial charge in [-0.05, 0) is 61.6 Å². The van der Waals surface area contributed by atoms with Gasteiger partial charge in [-0.2, -0.15) is 0 Å². The molecular formula is C25H34ClN3O4S. The standard InChI is InChI=1S/C25H34ClN3O4S/c1-6-14-27-25(31)22(7-2)28(16-20-11-9-8-10-18(20)3)24(30)17-29(34(5,32)33)23-13-12-21(26)15-19(23)4/h8-13,15,22H,6-7,14,16-17H2,1-5H3,(H,27,31)/t22-/m0/s1. The number of nitrogens with one attached hydrogen (secondary N) is 1. The Hall–Kier alpha value is -2.58. The second kappa shape index (κ2) is 12.2. The maximum Gasteiger partial charge on any atom is 0.244 e. The molecule has 0 unspecified atom stereocenters. The fourth-order valence-electron chi connectivity index (χ4n) is 3.75. The first-order valence-corrected chi connectivity index (χ1v) is 13.6. The number of rotatable bonds is 11. The second-order valence-corrected chi connectivity index (χ2v) is 10.7. The third kappa shape index (κ3) is 7.21. The lowest BCUT2D eigenvalue weighted by Gasteiger charge is -2.33. The average Bonchev–Trinajstić information content (AvgIpc) is 2.76. The van der Waals surface area contributed by atoms with E-state index in [2.05, 4.69) is 5.32 Å². The molecule has 0 aliphatic rings. The summed E-state index contributed by atoms with van der Waals surface area (Å²) in [5.41, 5.74) is 2.88. The molecule has 2 rings (SSSR count). The number of amides is 2. The molecule has 0 spiro atoms. The smallest absolute Gasteiger partial charge is 0.244 e. The molecule has 0 aliphatic heterocycles. The fourth-order valence-corrected chi connectivity index (χ4v) is 4.88. The Labute approximate surface area is 208 Å². The van der Waals surface area contributed by atoms with Crippen LogP contribution in [0.15, 0.2) is 42.5 Å². The molecule has 0 aromatic heterocycles. The lowest BCUT2D eigenvalue weighted by Crippen LogP contribution is -2.52. The number of nitrogens with zero attached hydrogens (tertiary/aromatic N) is 2. The summed E-state index contributed by atoms with van der Waals surface area (Å²) in [5, 5.41) is 3.34. The third-order valence-corrected chi connectivity index (χ3v) is 7.01. The van der Waals surface area contributed by atoms with Crippen molar-refractivity contribution >= 4 is 39.1 Å². The van der Waals surface area contributed by atoms with E-state index in [1.165, 1.54) is 4.90 Å². The van der Waals surface area contributed by atoms with Gasteiger partial charge in [-0.15, -0.1) is 0 Å². The van der Waals surface area contributed by atoms with Crippen molar-refractivity contribution in [2.75, 3.05) is 23.7 Å². The second-order valence-electron chi connectivity index (χ2n) is 8.36. The number of aryl methyl sites for hydroxylation is 2. The average molecular weight is 508 g/mol. The highest BCUT2D eigenvalue weighted by Crippen LogP contribution is 2.26. The van der Waals surface area contributed by atoms with E-state index >= 15 is 0 Å². The van der Waals surface area contributed by atoms with Crippen LogP contribution in [0.2, 0.25) is 5.02 Å². The van der Waals surface area contributed by atoms with Gasteiger partial charge in [-0.1, -0.05) is 49.7 Å². The highest BCUT2D eigenvalue weighted by molar-refractivity contribution is 7.92. The molecule has 1 atom stereocenters. The molecule has 7 nitrogen and oxygen atoms in total. The highest BCUT2D eigenvalue weighted by atomic mass is 35.5. The van der Waals surface area contributed by atoms with E-state index in [1.54, 1.807) is 25.1 Å². The molecule has 34 heavy (non-hydrogen) atoms. The van der Waals surface area contributed by atoms with Gasteiger partial charge >= 0.3 is 0 Å². The van der Waals surface area contributed by atoms with Crippen LogP contribution in [0.5, 0.6) is 0 Å². The van der Waals surface area contributed by atoms with Gasteiger partial charge in [0.1, 0.15) is 12.6 Å². The van der Waals surface area contributed by atoms with Gasteiger partial charge in [0.2, 0.25) is 21.8 Å². The predicted octanol–water partition coefficient (Wildman–Crippen LogP) is 4.06. The van der Waals surface area contributed by atoms with Crippen molar-refractivity contribution in [3.8, 4) is 0 Å². The molecule has 0 saturated heterocycles. The van der Waals surface area contributed by atoms with Gasteiger partial charge < -0.3 is 10.2 Å². The molecule has 2 amide bonds. The zero-order chi connectivity index (χ0) is 25.5. The van der Waals surface area contributed by atoms with E-state index in [9.17, 15) is 18.0 Å².